The molecule has 0 bridgehead atoms. The zero-order chi connectivity index (χ0) is 25.2. The molecule has 0 saturated heterocycles. The summed E-state index contributed by atoms with van der Waals surface area (Å²) in [5.74, 6) is 0.277. The van der Waals surface area contributed by atoms with Crippen LogP contribution in [0.2, 0.25) is 0 Å². The number of nitrogens with one attached hydrogen (secondary N) is 1. The molecular formula is C28H27N5O3. The number of hydrogen-bond donors (Lipinski definition) is 1. The second-order valence-corrected chi connectivity index (χ2v) is 9.27. The van der Waals surface area contributed by atoms with Gasteiger partial charge in [-0.3, -0.25) is 14.2 Å². The van der Waals surface area contributed by atoms with Gasteiger partial charge >= 0.3 is 5.69 Å². The predicted octanol–water partition coefficient (Wildman–Crippen LogP) is 3.29. The zero-order valence-corrected chi connectivity index (χ0v) is 20.2. The van der Waals surface area contributed by atoms with Gasteiger partial charge in [0.15, 0.2) is 0 Å². The molecule has 2 heterocycles. The summed E-state index contributed by atoms with van der Waals surface area (Å²) in [6.07, 6.45) is 0. The van der Waals surface area contributed by atoms with E-state index in [4.69, 9.17) is 0 Å². The van der Waals surface area contributed by atoms with Gasteiger partial charge in [0.25, 0.3) is 11.5 Å². The first-order valence-corrected chi connectivity index (χ1v) is 11.9. The van der Waals surface area contributed by atoms with Gasteiger partial charge in [-0.25, -0.2) is 13.9 Å². The van der Waals surface area contributed by atoms with Gasteiger partial charge in [-0.2, -0.15) is 0 Å². The van der Waals surface area contributed by atoms with Crippen LogP contribution in [0.25, 0.3) is 16.7 Å². The number of hydrogen-bond acceptors (Lipinski definition) is 4. The molecule has 0 atom stereocenters. The number of amides is 1. The van der Waals surface area contributed by atoms with Gasteiger partial charge in [0.05, 0.1) is 24.0 Å². The van der Waals surface area contributed by atoms with Crippen LogP contribution in [-0.2, 0) is 13.1 Å². The third-order valence-corrected chi connectivity index (χ3v) is 6.07. The van der Waals surface area contributed by atoms with Crippen molar-refractivity contribution in [2.75, 3.05) is 6.54 Å². The summed E-state index contributed by atoms with van der Waals surface area (Å²) >= 11 is 0. The standard InChI is InChI=1S/C28H27N5O3/c1-19(2)16-29-25(34)22-13-14-23-24(15-22)33-27(31(26(23)35)17-20-9-5-3-6-10-20)30-32(28(33)36)18-21-11-7-4-8-12-21/h3-15,19H,16-18H2,1-2H3,(H,29,34). The van der Waals surface area contributed by atoms with Crippen molar-refractivity contribution in [2.45, 2.75) is 26.9 Å². The molecule has 1 amide bonds. The second-order valence-electron chi connectivity index (χ2n) is 9.27. The number of benzene rings is 3. The Hall–Kier alpha value is -4.46. The Labute approximate surface area is 207 Å². The molecule has 1 N–H and O–H groups in total. The lowest BCUT2D eigenvalue weighted by Crippen LogP contribution is -2.29. The molecule has 5 rings (SSSR count). The van der Waals surface area contributed by atoms with Crippen LogP contribution in [0.3, 0.4) is 0 Å². The number of carbonyl (C=O) groups excluding carboxylic acids is 1. The monoisotopic (exact) mass is 481 g/mol. The molecule has 0 fully saturated rings. The Balaban J connectivity index is 1.72. The Bertz CT molecular complexity index is 1660. The molecule has 182 valence electrons. The van der Waals surface area contributed by atoms with E-state index >= 15 is 0 Å². The van der Waals surface area contributed by atoms with E-state index in [-0.39, 0.29) is 36.0 Å². The highest BCUT2D eigenvalue weighted by Gasteiger charge is 2.19. The van der Waals surface area contributed by atoms with Gasteiger partial charge in [-0.05, 0) is 35.2 Å². The number of nitrogens with zero attached hydrogens (tertiary/aromatic N) is 4. The molecule has 0 aliphatic rings. The molecule has 8 nitrogen and oxygen atoms in total. The summed E-state index contributed by atoms with van der Waals surface area (Å²) in [7, 11) is 0. The Morgan fingerprint density at radius 1 is 0.889 bits per heavy atom. The van der Waals surface area contributed by atoms with Gasteiger partial charge in [0.2, 0.25) is 5.78 Å². The Morgan fingerprint density at radius 3 is 2.17 bits per heavy atom. The van der Waals surface area contributed by atoms with Crippen LogP contribution in [0.4, 0.5) is 0 Å². The van der Waals surface area contributed by atoms with E-state index in [1.807, 2.05) is 74.5 Å². The van der Waals surface area contributed by atoms with Crippen LogP contribution in [-0.4, -0.2) is 31.2 Å². The average molecular weight is 482 g/mol. The lowest BCUT2D eigenvalue weighted by molar-refractivity contribution is 0.0949. The smallest absolute Gasteiger partial charge is 0.352 e. The fourth-order valence-electron chi connectivity index (χ4n) is 4.22. The molecular weight excluding hydrogens is 454 g/mol. The molecule has 3 aromatic carbocycles. The first-order chi connectivity index (χ1) is 17.4. The highest BCUT2D eigenvalue weighted by atomic mass is 16.2. The van der Waals surface area contributed by atoms with E-state index < -0.39 is 0 Å². The highest BCUT2D eigenvalue weighted by molar-refractivity contribution is 5.98. The zero-order valence-electron chi connectivity index (χ0n) is 20.2. The summed E-state index contributed by atoms with van der Waals surface area (Å²) < 4.78 is 4.30. The minimum Gasteiger partial charge on any atom is -0.352 e. The molecule has 0 aliphatic carbocycles. The van der Waals surface area contributed by atoms with Crippen molar-refractivity contribution in [1.29, 1.82) is 0 Å². The second kappa shape index (κ2) is 9.65. The first-order valence-electron chi connectivity index (χ1n) is 11.9. The predicted molar refractivity (Wildman–Crippen MR) is 139 cm³/mol. The Morgan fingerprint density at radius 2 is 1.53 bits per heavy atom. The van der Waals surface area contributed by atoms with Crippen LogP contribution in [0.15, 0.2) is 88.5 Å². The molecule has 0 unspecified atom stereocenters. The van der Waals surface area contributed by atoms with E-state index in [9.17, 15) is 14.4 Å². The molecule has 36 heavy (non-hydrogen) atoms. The van der Waals surface area contributed by atoms with Crippen LogP contribution >= 0.6 is 0 Å². The van der Waals surface area contributed by atoms with Crippen molar-refractivity contribution in [3.63, 3.8) is 0 Å². The summed E-state index contributed by atoms with van der Waals surface area (Å²) in [6.45, 7) is 5.08. The van der Waals surface area contributed by atoms with Crippen molar-refractivity contribution >= 4 is 22.6 Å². The lowest BCUT2D eigenvalue weighted by atomic mass is 10.1. The summed E-state index contributed by atoms with van der Waals surface area (Å²) in [5.41, 5.74) is 1.93. The van der Waals surface area contributed by atoms with E-state index in [2.05, 4.69) is 10.4 Å². The molecule has 2 aromatic heterocycles. The van der Waals surface area contributed by atoms with Gasteiger partial charge in [-0.1, -0.05) is 74.5 Å². The van der Waals surface area contributed by atoms with Gasteiger partial charge < -0.3 is 5.32 Å². The highest BCUT2D eigenvalue weighted by Crippen LogP contribution is 2.16. The van der Waals surface area contributed by atoms with E-state index in [0.717, 1.165) is 11.1 Å². The van der Waals surface area contributed by atoms with Crippen LogP contribution < -0.4 is 16.6 Å². The fraction of sp³-hybridized carbons (Fsp3) is 0.214. The maximum Gasteiger partial charge on any atom is 0.352 e. The van der Waals surface area contributed by atoms with Crippen LogP contribution in [0.1, 0.15) is 35.3 Å². The van der Waals surface area contributed by atoms with Crippen LogP contribution in [0, 0.1) is 5.92 Å². The first kappa shape index (κ1) is 23.3. The van der Waals surface area contributed by atoms with Crippen molar-refractivity contribution in [2.24, 2.45) is 5.92 Å². The lowest BCUT2D eigenvalue weighted by Gasteiger charge is -2.11. The van der Waals surface area contributed by atoms with Crippen molar-refractivity contribution < 1.29 is 4.79 Å². The van der Waals surface area contributed by atoms with Gasteiger partial charge in [0, 0.05) is 12.1 Å². The number of rotatable bonds is 7. The van der Waals surface area contributed by atoms with Gasteiger partial charge in [-0.15, -0.1) is 5.10 Å². The SMILES string of the molecule is CC(C)CNC(=O)c1ccc2c(=O)n(Cc3ccccc3)c3nn(Cc4ccccc4)c(=O)n3c2c1. The fourth-order valence-corrected chi connectivity index (χ4v) is 4.22. The van der Waals surface area contributed by atoms with E-state index in [1.54, 1.807) is 18.2 Å². The molecule has 0 aliphatic heterocycles. The number of carbonyl (C=O) groups is 1. The third-order valence-electron chi connectivity index (χ3n) is 6.07. The Kier molecular flexibility index (Phi) is 6.25. The molecule has 0 radical (unpaired) electrons. The van der Waals surface area contributed by atoms with Crippen molar-refractivity contribution in [3.05, 3.63) is 116 Å². The minimum absolute atomic E-state index is 0.233. The quantitative estimate of drug-likeness (QED) is 0.386. The number of aromatic nitrogens is 4. The van der Waals surface area contributed by atoms with Crippen LogP contribution in [0.5, 0.6) is 0 Å². The number of fused-ring (bicyclic) bond motifs is 3. The summed E-state index contributed by atoms with van der Waals surface area (Å²) in [6, 6.07) is 24.0. The van der Waals surface area contributed by atoms with Crippen molar-refractivity contribution in [3.8, 4) is 0 Å². The molecule has 0 spiro atoms. The van der Waals surface area contributed by atoms with E-state index in [1.165, 1.54) is 13.6 Å². The van der Waals surface area contributed by atoms with E-state index in [0.29, 0.717) is 28.9 Å². The summed E-state index contributed by atoms with van der Waals surface area (Å²) in [5, 5.41) is 7.82. The topological polar surface area (TPSA) is 90.4 Å². The minimum atomic E-state index is -0.375. The largest absolute Gasteiger partial charge is 0.352 e. The third kappa shape index (κ3) is 4.45. The maximum absolute atomic E-state index is 13.6. The van der Waals surface area contributed by atoms with Gasteiger partial charge in [0.1, 0.15) is 0 Å². The normalized spacial score (nSPS) is 11.4. The molecule has 8 heteroatoms. The molecule has 0 saturated carbocycles. The van der Waals surface area contributed by atoms with Crippen molar-refractivity contribution in [1.82, 2.24) is 24.1 Å². The summed E-state index contributed by atoms with van der Waals surface area (Å²) in [4.78, 5) is 40.0. The average Bonchev–Trinajstić information content (AvgIpc) is 3.21. The maximum atomic E-state index is 13.6. The molecule has 5 aromatic rings.